The first-order valence-corrected chi connectivity index (χ1v) is 10.3. The van der Waals surface area contributed by atoms with Gasteiger partial charge in [-0.25, -0.2) is 0 Å². The van der Waals surface area contributed by atoms with Crippen LogP contribution in [0, 0.1) is 0 Å². The molecule has 4 rings (SSSR count). The third kappa shape index (κ3) is 4.64. The Balaban J connectivity index is 1.64. The van der Waals surface area contributed by atoms with Crippen molar-refractivity contribution in [1.29, 1.82) is 0 Å². The van der Waals surface area contributed by atoms with E-state index in [2.05, 4.69) is 20.5 Å². The maximum Gasteiger partial charge on any atom is 0.255 e. The molecule has 0 atom stereocenters. The van der Waals surface area contributed by atoms with Gasteiger partial charge in [0, 0.05) is 18.9 Å². The molecular formula is C25H24N4O4. The van der Waals surface area contributed by atoms with Gasteiger partial charge >= 0.3 is 0 Å². The van der Waals surface area contributed by atoms with E-state index in [1.807, 2.05) is 48.6 Å². The fraction of sp³-hybridized carbons (Fsp3) is 0.160. The van der Waals surface area contributed by atoms with E-state index in [9.17, 15) is 4.79 Å². The fourth-order valence-corrected chi connectivity index (χ4v) is 3.53. The number of carbonyl (C=O) groups is 1. The predicted octanol–water partition coefficient (Wildman–Crippen LogP) is 4.08. The molecule has 0 radical (unpaired) electrons. The van der Waals surface area contributed by atoms with Crippen LogP contribution in [0.4, 0.5) is 0 Å². The predicted molar refractivity (Wildman–Crippen MR) is 127 cm³/mol. The van der Waals surface area contributed by atoms with Gasteiger partial charge in [-0.2, -0.15) is 5.10 Å². The van der Waals surface area contributed by atoms with Gasteiger partial charge < -0.3 is 19.5 Å². The number of aromatic amines is 1. The summed E-state index contributed by atoms with van der Waals surface area (Å²) in [5.41, 5.74) is 3.66. The average Bonchev–Trinajstić information content (AvgIpc) is 3.29. The van der Waals surface area contributed by atoms with Gasteiger partial charge in [-0.05, 0) is 47.5 Å². The Hall–Kier alpha value is -4.33. The third-order valence-electron chi connectivity index (χ3n) is 5.18. The number of methoxy groups -OCH3 is 3. The van der Waals surface area contributed by atoms with E-state index in [1.54, 1.807) is 39.8 Å². The first-order valence-electron chi connectivity index (χ1n) is 10.3. The van der Waals surface area contributed by atoms with Crippen molar-refractivity contribution in [1.82, 2.24) is 20.5 Å². The molecule has 2 aromatic carbocycles. The van der Waals surface area contributed by atoms with Gasteiger partial charge in [-0.1, -0.05) is 18.2 Å². The summed E-state index contributed by atoms with van der Waals surface area (Å²) >= 11 is 0. The largest absolute Gasteiger partial charge is 0.495 e. The Morgan fingerprint density at radius 2 is 1.88 bits per heavy atom. The van der Waals surface area contributed by atoms with Gasteiger partial charge in [-0.3, -0.25) is 14.9 Å². The van der Waals surface area contributed by atoms with Gasteiger partial charge in [0.15, 0.2) is 11.5 Å². The first-order chi connectivity index (χ1) is 16.1. The van der Waals surface area contributed by atoms with E-state index in [1.165, 1.54) is 0 Å². The van der Waals surface area contributed by atoms with Gasteiger partial charge in [0.25, 0.3) is 5.91 Å². The number of hydrogen-bond acceptors (Lipinski definition) is 6. The van der Waals surface area contributed by atoms with Gasteiger partial charge in [-0.15, -0.1) is 0 Å². The number of hydrogen-bond donors (Lipinski definition) is 2. The molecule has 4 aromatic rings. The number of aromatic nitrogens is 3. The van der Waals surface area contributed by atoms with Crippen molar-refractivity contribution in [3.05, 3.63) is 77.2 Å². The van der Waals surface area contributed by atoms with Crippen LogP contribution in [0.3, 0.4) is 0 Å². The highest BCUT2D eigenvalue weighted by molar-refractivity contribution is 6.05. The highest BCUT2D eigenvalue weighted by Gasteiger charge is 2.18. The van der Waals surface area contributed by atoms with Crippen LogP contribution in [0.25, 0.3) is 23.1 Å². The molecule has 0 saturated heterocycles. The first kappa shape index (κ1) is 21.9. The molecule has 0 fully saturated rings. The van der Waals surface area contributed by atoms with E-state index in [0.717, 1.165) is 22.0 Å². The van der Waals surface area contributed by atoms with Crippen LogP contribution in [0.5, 0.6) is 17.2 Å². The number of ether oxygens (including phenoxy) is 3. The van der Waals surface area contributed by atoms with E-state index >= 15 is 0 Å². The quantitative estimate of drug-likeness (QED) is 0.425. The second-order valence-electron chi connectivity index (χ2n) is 7.17. The van der Waals surface area contributed by atoms with Crippen molar-refractivity contribution in [2.45, 2.75) is 6.54 Å². The highest BCUT2D eigenvalue weighted by Crippen LogP contribution is 2.33. The van der Waals surface area contributed by atoms with E-state index in [0.29, 0.717) is 35.1 Å². The minimum atomic E-state index is -0.242. The second kappa shape index (κ2) is 9.86. The number of H-pyrrole nitrogens is 1. The van der Waals surface area contributed by atoms with E-state index < -0.39 is 0 Å². The standard InChI is InChI=1S/C25H24N4O4/c1-31-21-11-7-16(13-22(21)32-2)6-9-19-23-20(29-28-19)10-8-18(24(23)33-3)25(30)27-15-17-5-4-12-26-14-17/h4-14H,15H2,1-3H3,(H,27,30)(H,28,29). The lowest BCUT2D eigenvalue weighted by Gasteiger charge is -2.11. The molecule has 0 aliphatic rings. The Morgan fingerprint density at radius 1 is 1.03 bits per heavy atom. The maximum absolute atomic E-state index is 12.9. The van der Waals surface area contributed by atoms with Crippen LogP contribution in [0.15, 0.2) is 54.9 Å². The molecule has 1 amide bonds. The fourth-order valence-electron chi connectivity index (χ4n) is 3.53. The molecule has 8 heteroatoms. The molecule has 0 aliphatic heterocycles. The topological polar surface area (TPSA) is 98.4 Å². The smallest absolute Gasteiger partial charge is 0.255 e. The van der Waals surface area contributed by atoms with Gasteiger partial charge in [0.1, 0.15) is 5.75 Å². The maximum atomic E-state index is 12.9. The summed E-state index contributed by atoms with van der Waals surface area (Å²) in [7, 11) is 4.74. The van der Waals surface area contributed by atoms with E-state index in [-0.39, 0.29) is 5.91 Å². The molecular weight excluding hydrogens is 420 g/mol. The van der Waals surface area contributed by atoms with Crippen molar-refractivity contribution in [3.63, 3.8) is 0 Å². The number of nitrogens with zero attached hydrogens (tertiary/aromatic N) is 2. The molecule has 168 valence electrons. The summed E-state index contributed by atoms with van der Waals surface area (Å²) in [6.07, 6.45) is 7.18. The van der Waals surface area contributed by atoms with Crippen LogP contribution in [0.2, 0.25) is 0 Å². The third-order valence-corrected chi connectivity index (χ3v) is 5.18. The number of amides is 1. The summed E-state index contributed by atoms with van der Waals surface area (Å²) in [6.45, 7) is 0.366. The number of pyridine rings is 1. The van der Waals surface area contributed by atoms with Crippen LogP contribution >= 0.6 is 0 Å². The molecule has 0 bridgehead atoms. The highest BCUT2D eigenvalue weighted by atomic mass is 16.5. The lowest BCUT2D eigenvalue weighted by molar-refractivity contribution is 0.0948. The molecule has 0 aliphatic carbocycles. The number of fused-ring (bicyclic) bond motifs is 1. The molecule has 0 unspecified atom stereocenters. The van der Waals surface area contributed by atoms with Crippen LogP contribution < -0.4 is 19.5 Å². The van der Waals surface area contributed by atoms with Crippen molar-refractivity contribution in [3.8, 4) is 17.2 Å². The van der Waals surface area contributed by atoms with Gasteiger partial charge in [0.2, 0.25) is 0 Å². The summed E-state index contributed by atoms with van der Waals surface area (Å²) in [5, 5.41) is 11.0. The van der Waals surface area contributed by atoms with Crippen LogP contribution in [0.1, 0.15) is 27.2 Å². The van der Waals surface area contributed by atoms with Crippen molar-refractivity contribution in [2.75, 3.05) is 21.3 Å². The molecule has 0 spiro atoms. The Morgan fingerprint density at radius 3 is 2.61 bits per heavy atom. The summed E-state index contributed by atoms with van der Waals surface area (Å²) in [5.74, 6) is 1.51. The molecule has 0 saturated carbocycles. The molecule has 2 aromatic heterocycles. The summed E-state index contributed by atoms with van der Waals surface area (Å²) in [4.78, 5) is 17.0. The Labute approximate surface area is 191 Å². The van der Waals surface area contributed by atoms with Crippen molar-refractivity contribution in [2.24, 2.45) is 0 Å². The lowest BCUT2D eigenvalue weighted by Crippen LogP contribution is -2.23. The average molecular weight is 444 g/mol. The van der Waals surface area contributed by atoms with Crippen molar-refractivity contribution < 1.29 is 19.0 Å². The molecule has 2 N–H and O–H groups in total. The number of benzene rings is 2. The van der Waals surface area contributed by atoms with Crippen LogP contribution in [-0.2, 0) is 6.54 Å². The number of nitrogens with one attached hydrogen (secondary N) is 2. The number of rotatable bonds is 8. The Kier molecular flexibility index (Phi) is 6.54. The minimum absolute atomic E-state index is 0.242. The zero-order chi connectivity index (χ0) is 23.2. The molecule has 33 heavy (non-hydrogen) atoms. The summed E-state index contributed by atoms with van der Waals surface area (Å²) in [6, 6.07) is 12.9. The zero-order valence-corrected chi connectivity index (χ0v) is 18.6. The minimum Gasteiger partial charge on any atom is -0.495 e. The SMILES string of the molecule is COc1ccc(C=Cc2n[nH]c3ccc(C(=O)NCc4cccnc4)c(OC)c23)cc1OC. The normalized spacial score (nSPS) is 11.0. The molecule has 8 nitrogen and oxygen atoms in total. The van der Waals surface area contributed by atoms with E-state index in [4.69, 9.17) is 14.2 Å². The number of carbonyl (C=O) groups excluding carboxylic acids is 1. The zero-order valence-electron chi connectivity index (χ0n) is 18.6. The Bertz CT molecular complexity index is 1300. The molecule has 2 heterocycles. The van der Waals surface area contributed by atoms with Crippen molar-refractivity contribution >= 4 is 29.0 Å². The van der Waals surface area contributed by atoms with Gasteiger partial charge in [0.05, 0.1) is 43.5 Å². The monoisotopic (exact) mass is 444 g/mol. The summed E-state index contributed by atoms with van der Waals surface area (Å²) < 4.78 is 16.3. The lowest BCUT2D eigenvalue weighted by atomic mass is 10.1. The second-order valence-corrected chi connectivity index (χ2v) is 7.17. The van der Waals surface area contributed by atoms with Crippen LogP contribution in [-0.4, -0.2) is 42.4 Å².